The largest absolute Gasteiger partial charge is 0.444 e. The molecular formula is C11H25N3+2. The van der Waals surface area contributed by atoms with E-state index in [2.05, 4.69) is 37.2 Å². The number of guanidine groups is 1. The van der Waals surface area contributed by atoms with Crippen molar-refractivity contribution in [3.63, 3.8) is 0 Å². The SMILES string of the molecule is CCN(CC)C1=[N+](CC)CC[NH+]1CC. The van der Waals surface area contributed by atoms with Crippen LogP contribution in [-0.4, -0.2) is 54.7 Å². The molecule has 0 aromatic heterocycles. The molecule has 0 aromatic rings. The van der Waals surface area contributed by atoms with Crippen molar-refractivity contribution in [1.82, 2.24) is 4.90 Å². The summed E-state index contributed by atoms with van der Waals surface area (Å²) in [5.41, 5.74) is 0. The Labute approximate surface area is 88.0 Å². The fourth-order valence-corrected chi connectivity index (χ4v) is 2.30. The number of nitrogens with zero attached hydrogens (tertiary/aromatic N) is 2. The highest BCUT2D eigenvalue weighted by Crippen LogP contribution is 1.91. The molecule has 1 rings (SSSR count). The van der Waals surface area contributed by atoms with Gasteiger partial charge in [0.1, 0.15) is 13.1 Å². The van der Waals surface area contributed by atoms with Crippen LogP contribution < -0.4 is 4.90 Å². The Morgan fingerprint density at radius 2 is 1.86 bits per heavy atom. The third-order valence-electron chi connectivity index (χ3n) is 3.17. The van der Waals surface area contributed by atoms with Crippen LogP contribution in [-0.2, 0) is 0 Å². The zero-order valence-electron chi connectivity index (χ0n) is 10.1. The molecular weight excluding hydrogens is 174 g/mol. The average molecular weight is 199 g/mol. The monoisotopic (exact) mass is 199 g/mol. The Kier molecular flexibility index (Phi) is 4.39. The lowest BCUT2D eigenvalue weighted by atomic mass is 10.5. The van der Waals surface area contributed by atoms with Gasteiger partial charge < -0.3 is 0 Å². The lowest BCUT2D eigenvalue weighted by molar-refractivity contribution is -0.806. The molecule has 14 heavy (non-hydrogen) atoms. The number of hydrogen-bond donors (Lipinski definition) is 1. The van der Waals surface area contributed by atoms with E-state index in [0.29, 0.717) is 0 Å². The van der Waals surface area contributed by atoms with Crippen molar-refractivity contribution in [3.05, 3.63) is 0 Å². The van der Waals surface area contributed by atoms with Gasteiger partial charge in [-0.1, -0.05) is 0 Å². The highest BCUT2D eigenvalue weighted by Gasteiger charge is 2.36. The van der Waals surface area contributed by atoms with E-state index in [-0.39, 0.29) is 0 Å². The van der Waals surface area contributed by atoms with Crippen molar-refractivity contribution in [3.8, 4) is 0 Å². The van der Waals surface area contributed by atoms with Gasteiger partial charge in [0.25, 0.3) is 0 Å². The highest BCUT2D eigenvalue weighted by molar-refractivity contribution is 5.66. The van der Waals surface area contributed by atoms with Crippen LogP contribution in [0, 0.1) is 0 Å². The van der Waals surface area contributed by atoms with Gasteiger partial charge in [0.15, 0.2) is 0 Å². The van der Waals surface area contributed by atoms with E-state index in [9.17, 15) is 0 Å². The second-order valence-electron chi connectivity index (χ2n) is 3.78. The first-order valence-corrected chi connectivity index (χ1v) is 6.00. The first kappa shape index (κ1) is 11.5. The minimum atomic E-state index is 1.13. The highest BCUT2D eigenvalue weighted by atomic mass is 15.4. The number of hydrogen-bond acceptors (Lipinski definition) is 1. The van der Waals surface area contributed by atoms with Gasteiger partial charge in [-0.05, 0) is 27.7 Å². The molecule has 0 aliphatic carbocycles. The zero-order valence-corrected chi connectivity index (χ0v) is 10.1. The molecule has 1 atom stereocenters. The normalized spacial score (nSPS) is 21.9. The first-order valence-electron chi connectivity index (χ1n) is 6.00. The molecule has 1 N–H and O–H groups in total. The molecule has 0 radical (unpaired) electrons. The second kappa shape index (κ2) is 5.35. The Balaban J connectivity index is 2.85. The molecule has 0 amide bonds. The molecule has 1 aliphatic heterocycles. The lowest BCUT2D eigenvalue weighted by Crippen LogP contribution is -3.15. The molecule has 0 spiro atoms. The summed E-state index contributed by atoms with van der Waals surface area (Å²) >= 11 is 0. The minimum absolute atomic E-state index is 1.13. The van der Waals surface area contributed by atoms with E-state index in [0.717, 1.165) is 19.6 Å². The van der Waals surface area contributed by atoms with Gasteiger partial charge in [0.05, 0.1) is 26.2 Å². The van der Waals surface area contributed by atoms with Crippen LogP contribution in [0.4, 0.5) is 0 Å². The average Bonchev–Trinajstić information content (AvgIpc) is 2.63. The summed E-state index contributed by atoms with van der Waals surface area (Å²) in [5.74, 6) is 1.53. The van der Waals surface area contributed by atoms with Gasteiger partial charge in [0.2, 0.25) is 0 Å². The summed E-state index contributed by atoms with van der Waals surface area (Å²) in [6, 6.07) is 0. The summed E-state index contributed by atoms with van der Waals surface area (Å²) in [4.78, 5) is 4.14. The smallest absolute Gasteiger partial charge is 0.228 e. The van der Waals surface area contributed by atoms with E-state index < -0.39 is 0 Å². The lowest BCUT2D eigenvalue weighted by Gasteiger charge is -2.17. The number of quaternary nitrogens is 1. The molecule has 0 fully saturated rings. The van der Waals surface area contributed by atoms with Crippen LogP contribution in [0.5, 0.6) is 0 Å². The number of nitrogens with one attached hydrogen (secondary N) is 1. The molecule has 1 heterocycles. The van der Waals surface area contributed by atoms with Crippen molar-refractivity contribution < 1.29 is 9.48 Å². The Bertz CT molecular complexity index is 207. The molecule has 0 aromatic carbocycles. The Hall–Kier alpha value is -0.570. The third-order valence-corrected chi connectivity index (χ3v) is 3.17. The molecule has 1 aliphatic rings. The second-order valence-corrected chi connectivity index (χ2v) is 3.78. The minimum Gasteiger partial charge on any atom is -0.228 e. The molecule has 3 heteroatoms. The van der Waals surface area contributed by atoms with E-state index in [1.54, 1.807) is 4.90 Å². The fraction of sp³-hybridized carbons (Fsp3) is 0.909. The Morgan fingerprint density at radius 1 is 1.21 bits per heavy atom. The van der Waals surface area contributed by atoms with E-state index in [4.69, 9.17) is 0 Å². The number of likely N-dealkylation sites (N-methyl/N-ethyl adjacent to an activating group) is 2. The third kappa shape index (κ3) is 2.08. The molecule has 0 saturated carbocycles. The van der Waals surface area contributed by atoms with Crippen LogP contribution in [0.25, 0.3) is 0 Å². The molecule has 3 nitrogen and oxygen atoms in total. The van der Waals surface area contributed by atoms with Crippen molar-refractivity contribution in [2.24, 2.45) is 0 Å². The van der Waals surface area contributed by atoms with Crippen molar-refractivity contribution >= 4 is 5.96 Å². The standard InChI is InChI=1S/C11H24N3/c1-5-12(6-2)11-13(7-3)9-10-14(11)8-4/h5-10H2,1-4H3/q+1/p+1. The zero-order chi connectivity index (χ0) is 10.6. The van der Waals surface area contributed by atoms with Crippen molar-refractivity contribution in [2.45, 2.75) is 27.7 Å². The van der Waals surface area contributed by atoms with Gasteiger partial charge in [-0.15, -0.1) is 0 Å². The van der Waals surface area contributed by atoms with E-state index in [1.165, 1.54) is 25.6 Å². The van der Waals surface area contributed by atoms with Gasteiger partial charge >= 0.3 is 5.96 Å². The summed E-state index contributed by atoms with van der Waals surface area (Å²) in [7, 11) is 0. The van der Waals surface area contributed by atoms with Crippen molar-refractivity contribution in [1.29, 1.82) is 0 Å². The quantitative estimate of drug-likeness (QED) is 0.609. The topological polar surface area (TPSA) is 10.7 Å². The van der Waals surface area contributed by atoms with E-state index >= 15 is 0 Å². The summed E-state index contributed by atoms with van der Waals surface area (Å²) in [5, 5.41) is 0. The maximum Gasteiger partial charge on any atom is 0.444 e. The maximum atomic E-state index is 2.52. The van der Waals surface area contributed by atoms with Crippen LogP contribution in [0.3, 0.4) is 0 Å². The molecule has 1 unspecified atom stereocenters. The predicted molar refractivity (Wildman–Crippen MR) is 60.0 cm³/mol. The summed E-state index contributed by atoms with van der Waals surface area (Å²) < 4.78 is 2.52. The summed E-state index contributed by atoms with van der Waals surface area (Å²) in [6.45, 7) is 16.1. The first-order chi connectivity index (χ1) is 6.78. The number of rotatable bonds is 4. The Morgan fingerprint density at radius 3 is 2.29 bits per heavy atom. The molecule has 0 bridgehead atoms. The fourth-order valence-electron chi connectivity index (χ4n) is 2.30. The van der Waals surface area contributed by atoms with Gasteiger partial charge in [-0.25, -0.2) is 14.4 Å². The van der Waals surface area contributed by atoms with Crippen LogP contribution in [0.1, 0.15) is 27.7 Å². The van der Waals surface area contributed by atoms with Crippen LogP contribution in [0.15, 0.2) is 0 Å². The molecule has 0 saturated heterocycles. The van der Waals surface area contributed by atoms with Gasteiger partial charge in [-0.2, -0.15) is 0 Å². The van der Waals surface area contributed by atoms with Gasteiger partial charge in [-0.3, -0.25) is 0 Å². The van der Waals surface area contributed by atoms with Crippen molar-refractivity contribution in [2.75, 3.05) is 39.3 Å². The van der Waals surface area contributed by atoms with Gasteiger partial charge in [0, 0.05) is 0 Å². The predicted octanol–water partition coefficient (Wildman–Crippen LogP) is -0.365. The maximum absolute atomic E-state index is 2.52. The van der Waals surface area contributed by atoms with Crippen LogP contribution in [0.2, 0.25) is 0 Å². The summed E-state index contributed by atoms with van der Waals surface area (Å²) in [6.07, 6.45) is 0. The van der Waals surface area contributed by atoms with Crippen LogP contribution >= 0.6 is 0 Å². The van der Waals surface area contributed by atoms with E-state index in [1.807, 2.05) is 0 Å². The molecule has 82 valence electrons.